The molecule has 0 spiro atoms. The molecule has 3 rings (SSSR count). The largest absolute Gasteiger partial charge is 0.337 e. The molecule has 2 aromatic rings. The summed E-state index contributed by atoms with van der Waals surface area (Å²) in [6.07, 6.45) is 4.05. The van der Waals surface area contributed by atoms with E-state index >= 15 is 0 Å². The van der Waals surface area contributed by atoms with Crippen molar-refractivity contribution in [2.75, 3.05) is 18.4 Å². The molecule has 1 aliphatic heterocycles. The van der Waals surface area contributed by atoms with E-state index in [1.807, 2.05) is 36.1 Å². The normalized spacial score (nSPS) is 14.2. The summed E-state index contributed by atoms with van der Waals surface area (Å²) in [7, 11) is 0. The zero-order valence-electron chi connectivity index (χ0n) is 14.5. The molecule has 1 saturated heterocycles. The van der Waals surface area contributed by atoms with E-state index in [4.69, 9.17) is 0 Å². The van der Waals surface area contributed by atoms with Gasteiger partial charge in [0.2, 0.25) is 0 Å². The maximum absolute atomic E-state index is 12.6. The lowest BCUT2D eigenvalue weighted by atomic mass is 10.1. The number of piperidine rings is 1. The van der Waals surface area contributed by atoms with Crippen molar-refractivity contribution >= 4 is 17.5 Å². The predicted octanol–water partition coefficient (Wildman–Crippen LogP) is 3.52. The number of hydrogen-bond donors (Lipinski definition) is 1. The van der Waals surface area contributed by atoms with Crippen LogP contribution in [0.5, 0.6) is 0 Å². The van der Waals surface area contributed by atoms with Crippen molar-refractivity contribution in [1.29, 1.82) is 0 Å². The fourth-order valence-corrected chi connectivity index (χ4v) is 3.08. The molecule has 0 unspecified atom stereocenters. The van der Waals surface area contributed by atoms with Gasteiger partial charge in [0.05, 0.1) is 0 Å². The van der Waals surface area contributed by atoms with Gasteiger partial charge < -0.3 is 10.2 Å². The summed E-state index contributed by atoms with van der Waals surface area (Å²) in [5.74, 6) is -0.391. The second-order valence-corrected chi connectivity index (χ2v) is 6.23. The molecule has 0 aliphatic carbocycles. The second-order valence-electron chi connectivity index (χ2n) is 6.23. The zero-order valence-corrected chi connectivity index (χ0v) is 14.5. The van der Waals surface area contributed by atoms with Crippen LogP contribution in [0.1, 0.15) is 52.7 Å². The van der Waals surface area contributed by atoms with Gasteiger partial charge in [-0.15, -0.1) is 0 Å². The molecular weight excluding hydrogens is 314 g/mol. The zero-order chi connectivity index (χ0) is 17.6. The Balaban J connectivity index is 1.76. The van der Waals surface area contributed by atoms with Crippen LogP contribution in [0.25, 0.3) is 0 Å². The topological polar surface area (TPSA) is 62.3 Å². The number of nitrogens with zero attached hydrogens (tertiary/aromatic N) is 2. The lowest BCUT2D eigenvalue weighted by Gasteiger charge is -2.26. The Labute approximate surface area is 148 Å². The minimum Gasteiger partial charge on any atom is -0.337 e. The van der Waals surface area contributed by atoms with Gasteiger partial charge in [0.15, 0.2) is 0 Å². The van der Waals surface area contributed by atoms with Crippen molar-refractivity contribution in [3.8, 4) is 0 Å². The minimum absolute atomic E-state index is 0.0942. The van der Waals surface area contributed by atoms with Crippen molar-refractivity contribution < 1.29 is 9.59 Å². The Morgan fingerprint density at radius 3 is 2.48 bits per heavy atom. The van der Waals surface area contributed by atoms with Crippen LogP contribution in [0.2, 0.25) is 0 Å². The number of aryl methyl sites for hydroxylation is 1. The van der Waals surface area contributed by atoms with Crippen molar-refractivity contribution in [3.05, 3.63) is 59.4 Å². The molecule has 0 radical (unpaired) electrons. The number of pyridine rings is 1. The van der Waals surface area contributed by atoms with E-state index in [9.17, 15) is 9.59 Å². The first-order valence-corrected chi connectivity index (χ1v) is 8.84. The van der Waals surface area contributed by atoms with Crippen molar-refractivity contribution in [3.63, 3.8) is 0 Å². The molecule has 2 amide bonds. The number of carbonyl (C=O) groups excluding carboxylic acids is 2. The standard InChI is InChI=1S/C20H23N3O2/c1-2-15-9-4-5-10-16(15)22-19(24)17-11-8-12-18(21-17)20(25)23-13-6-3-7-14-23/h4-5,8-12H,2-3,6-7,13-14H2,1H3,(H,22,24). The van der Waals surface area contributed by atoms with Crippen LogP contribution in [0.4, 0.5) is 5.69 Å². The van der Waals surface area contributed by atoms with Gasteiger partial charge >= 0.3 is 0 Å². The summed E-state index contributed by atoms with van der Waals surface area (Å²) in [6.45, 7) is 3.57. The summed E-state index contributed by atoms with van der Waals surface area (Å²) in [4.78, 5) is 31.2. The van der Waals surface area contributed by atoms with Crippen LogP contribution in [0.15, 0.2) is 42.5 Å². The van der Waals surface area contributed by atoms with E-state index < -0.39 is 0 Å². The number of aromatic nitrogens is 1. The Kier molecular flexibility index (Phi) is 5.43. The number of anilines is 1. The SMILES string of the molecule is CCc1ccccc1NC(=O)c1cccc(C(=O)N2CCCCC2)n1. The van der Waals surface area contributed by atoms with Gasteiger partial charge in [0.1, 0.15) is 11.4 Å². The maximum atomic E-state index is 12.6. The lowest BCUT2D eigenvalue weighted by Crippen LogP contribution is -2.36. The highest BCUT2D eigenvalue weighted by Gasteiger charge is 2.20. The Bertz CT molecular complexity index is 767. The van der Waals surface area contributed by atoms with Gasteiger partial charge in [0.25, 0.3) is 11.8 Å². The number of likely N-dealkylation sites (tertiary alicyclic amines) is 1. The lowest BCUT2D eigenvalue weighted by molar-refractivity contribution is 0.0718. The van der Waals surface area contributed by atoms with Crippen molar-refractivity contribution in [2.24, 2.45) is 0 Å². The third-order valence-corrected chi connectivity index (χ3v) is 4.49. The number of amides is 2. The van der Waals surface area contributed by atoms with Crippen LogP contribution in [0, 0.1) is 0 Å². The first-order valence-electron chi connectivity index (χ1n) is 8.84. The third kappa shape index (κ3) is 4.05. The highest BCUT2D eigenvalue weighted by Crippen LogP contribution is 2.17. The van der Waals surface area contributed by atoms with Crippen LogP contribution < -0.4 is 5.32 Å². The van der Waals surface area contributed by atoms with E-state index in [1.165, 1.54) is 0 Å². The highest BCUT2D eigenvalue weighted by molar-refractivity contribution is 6.04. The fourth-order valence-electron chi connectivity index (χ4n) is 3.08. The molecule has 2 heterocycles. The molecular formula is C20H23N3O2. The second kappa shape index (κ2) is 7.92. The molecule has 0 saturated carbocycles. The van der Waals surface area contributed by atoms with E-state index in [-0.39, 0.29) is 17.5 Å². The summed E-state index contributed by atoms with van der Waals surface area (Å²) in [5.41, 5.74) is 2.44. The first-order chi connectivity index (χ1) is 12.2. The smallest absolute Gasteiger partial charge is 0.274 e. The maximum Gasteiger partial charge on any atom is 0.274 e. The molecule has 5 nitrogen and oxygen atoms in total. The van der Waals surface area contributed by atoms with Gasteiger partial charge in [-0.1, -0.05) is 31.2 Å². The molecule has 0 bridgehead atoms. The van der Waals surface area contributed by atoms with Gasteiger partial charge in [-0.3, -0.25) is 9.59 Å². The van der Waals surface area contributed by atoms with E-state index in [2.05, 4.69) is 10.3 Å². The van der Waals surface area contributed by atoms with Crippen LogP contribution >= 0.6 is 0 Å². The number of rotatable bonds is 4. The average molecular weight is 337 g/mol. The Hall–Kier alpha value is -2.69. The summed E-state index contributed by atoms with van der Waals surface area (Å²) >= 11 is 0. The Morgan fingerprint density at radius 1 is 1.00 bits per heavy atom. The third-order valence-electron chi connectivity index (χ3n) is 4.49. The highest BCUT2D eigenvalue weighted by atomic mass is 16.2. The monoisotopic (exact) mass is 337 g/mol. The Morgan fingerprint density at radius 2 is 1.72 bits per heavy atom. The van der Waals surface area contributed by atoms with E-state index in [0.717, 1.165) is 50.0 Å². The molecule has 5 heteroatoms. The predicted molar refractivity (Wildman–Crippen MR) is 97.8 cm³/mol. The van der Waals surface area contributed by atoms with Gasteiger partial charge in [-0.05, 0) is 49.4 Å². The quantitative estimate of drug-likeness (QED) is 0.928. The molecule has 0 atom stereocenters. The van der Waals surface area contributed by atoms with E-state index in [0.29, 0.717) is 5.69 Å². The molecule has 25 heavy (non-hydrogen) atoms. The van der Waals surface area contributed by atoms with Crippen LogP contribution in [-0.4, -0.2) is 34.8 Å². The number of para-hydroxylation sites is 1. The van der Waals surface area contributed by atoms with E-state index in [1.54, 1.807) is 18.2 Å². The summed E-state index contributed by atoms with van der Waals surface area (Å²) < 4.78 is 0. The number of hydrogen-bond acceptors (Lipinski definition) is 3. The average Bonchev–Trinajstić information content (AvgIpc) is 2.68. The van der Waals surface area contributed by atoms with Gasteiger partial charge in [0, 0.05) is 18.8 Å². The molecule has 1 N–H and O–H groups in total. The minimum atomic E-state index is -0.297. The van der Waals surface area contributed by atoms with Gasteiger partial charge in [-0.25, -0.2) is 4.98 Å². The van der Waals surface area contributed by atoms with Crippen LogP contribution in [-0.2, 0) is 6.42 Å². The molecule has 1 aromatic heterocycles. The van der Waals surface area contributed by atoms with Crippen molar-refractivity contribution in [1.82, 2.24) is 9.88 Å². The summed E-state index contributed by atoms with van der Waals surface area (Å²) in [6, 6.07) is 12.7. The first kappa shape index (κ1) is 17.1. The number of nitrogens with one attached hydrogen (secondary N) is 1. The van der Waals surface area contributed by atoms with Crippen LogP contribution in [0.3, 0.4) is 0 Å². The number of benzene rings is 1. The molecule has 1 aliphatic rings. The van der Waals surface area contributed by atoms with Gasteiger partial charge in [-0.2, -0.15) is 0 Å². The fraction of sp³-hybridized carbons (Fsp3) is 0.350. The molecule has 130 valence electrons. The number of carbonyl (C=O) groups is 2. The summed E-state index contributed by atoms with van der Waals surface area (Å²) in [5, 5.41) is 2.90. The molecule has 1 aromatic carbocycles. The van der Waals surface area contributed by atoms with Crippen molar-refractivity contribution in [2.45, 2.75) is 32.6 Å². The molecule has 1 fully saturated rings.